The lowest BCUT2D eigenvalue weighted by Gasteiger charge is -2.22. The molecule has 0 spiro atoms. The number of hydrogen-bond acceptors (Lipinski definition) is 4. The van der Waals surface area contributed by atoms with Crippen molar-refractivity contribution in [1.29, 1.82) is 0 Å². The summed E-state index contributed by atoms with van der Waals surface area (Å²) in [6, 6.07) is 13.4. The van der Waals surface area contributed by atoms with Gasteiger partial charge in [-0.2, -0.15) is 0 Å². The molecule has 1 saturated heterocycles. The molecule has 1 fully saturated rings. The van der Waals surface area contributed by atoms with E-state index in [0.29, 0.717) is 5.92 Å². The van der Waals surface area contributed by atoms with Gasteiger partial charge in [0.1, 0.15) is 12.9 Å². The second kappa shape index (κ2) is 8.50. The molecule has 0 atom stereocenters. The van der Waals surface area contributed by atoms with Gasteiger partial charge in [-0.05, 0) is 67.1 Å². The maximum absolute atomic E-state index is 14.1. The maximum Gasteiger partial charge on any atom is 0.124 e. The van der Waals surface area contributed by atoms with Gasteiger partial charge in [-0.3, -0.25) is 0 Å². The third-order valence-corrected chi connectivity index (χ3v) is 5.30. The van der Waals surface area contributed by atoms with Crippen LogP contribution in [0.3, 0.4) is 0 Å². The van der Waals surface area contributed by atoms with E-state index in [4.69, 9.17) is 9.57 Å². The number of oxime groups is 1. The Hall–Kier alpha value is -1.85. The molecule has 0 radical (unpaired) electrons. The molecule has 0 N–H and O–H groups in total. The summed E-state index contributed by atoms with van der Waals surface area (Å²) >= 11 is 1.57. The Morgan fingerprint density at radius 2 is 1.84 bits per heavy atom. The van der Waals surface area contributed by atoms with Crippen LogP contribution >= 0.6 is 11.8 Å². The summed E-state index contributed by atoms with van der Waals surface area (Å²) in [5.74, 6) is 0.213. The molecule has 3 rings (SSSR count). The Morgan fingerprint density at radius 3 is 2.52 bits per heavy atom. The van der Waals surface area contributed by atoms with Crippen molar-refractivity contribution in [2.24, 2.45) is 5.16 Å². The molecule has 2 aromatic rings. The van der Waals surface area contributed by atoms with E-state index in [0.717, 1.165) is 52.7 Å². The Morgan fingerprint density at radius 1 is 1.12 bits per heavy atom. The number of nitrogens with zero attached hydrogens (tertiary/aromatic N) is 1. The van der Waals surface area contributed by atoms with Crippen molar-refractivity contribution in [2.75, 3.05) is 20.3 Å². The summed E-state index contributed by atoms with van der Waals surface area (Å²) < 4.78 is 19.5. The molecule has 0 aromatic heterocycles. The van der Waals surface area contributed by atoms with Crippen LogP contribution in [0.4, 0.5) is 4.39 Å². The minimum Gasteiger partial charge on any atom is -0.399 e. The zero-order valence-corrected chi connectivity index (χ0v) is 15.3. The van der Waals surface area contributed by atoms with Gasteiger partial charge in [0.25, 0.3) is 0 Å². The number of hydrogen-bond donors (Lipinski definition) is 0. The SMILES string of the molecule is CO/N=C(\C)c1ccc(Sc2cc(F)cc(C3CCOCC3)c2)cc1. The average molecular weight is 359 g/mol. The average Bonchev–Trinajstić information content (AvgIpc) is 2.63. The minimum atomic E-state index is -0.175. The van der Waals surface area contributed by atoms with Crippen molar-refractivity contribution < 1.29 is 14.0 Å². The van der Waals surface area contributed by atoms with Crippen LogP contribution < -0.4 is 0 Å². The van der Waals surface area contributed by atoms with Gasteiger partial charge in [0.15, 0.2) is 0 Å². The van der Waals surface area contributed by atoms with Crippen molar-refractivity contribution in [1.82, 2.24) is 0 Å². The fraction of sp³-hybridized carbons (Fsp3) is 0.350. The predicted octanol–water partition coefficient (Wildman–Crippen LogP) is 5.24. The molecule has 3 nitrogen and oxygen atoms in total. The lowest BCUT2D eigenvalue weighted by atomic mass is 9.92. The highest BCUT2D eigenvalue weighted by Crippen LogP contribution is 2.34. The summed E-state index contributed by atoms with van der Waals surface area (Å²) in [6.45, 7) is 3.42. The molecule has 1 aliphatic rings. The molecule has 0 saturated carbocycles. The second-order valence-electron chi connectivity index (χ2n) is 6.09. The van der Waals surface area contributed by atoms with Crippen LogP contribution in [-0.2, 0) is 9.57 Å². The molecule has 132 valence electrons. The number of benzene rings is 2. The first kappa shape index (κ1) is 18.0. The Kier molecular flexibility index (Phi) is 6.10. The van der Waals surface area contributed by atoms with Gasteiger partial charge in [-0.25, -0.2) is 4.39 Å². The van der Waals surface area contributed by atoms with Gasteiger partial charge in [-0.15, -0.1) is 0 Å². The van der Waals surface area contributed by atoms with E-state index in [1.54, 1.807) is 23.9 Å². The van der Waals surface area contributed by atoms with Crippen LogP contribution in [-0.4, -0.2) is 26.0 Å². The zero-order valence-electron chi connectivity index (χ0n) is 14.5. The van der Waals surface area contributed by atoms with E-state index in [1.165, 1.54) is 7.11 Å². The predicted molar refractivity (Wildman–Crippen MR) is 99.0 cm³/mol. The van der Waals surface area contributed by atoms with Gasteiger partial charge in [0.05, 0.1) is 5.71 Å². The Bertz CT molecular complexity index is 740. The van der Waals surface area contributed by atoms with Gasteiger partial charge >= 0.3 is 0 Å². The van der Waals surface area contributed by atoms with Gasteiger partial charge in [0, 0.05) is 23.0 Å². The van der Waals surface area contributed by atoms with Crippen LogP contribution in [0.5, 0.6) is 0 Å². The third-order valence-electron chi connectivity index (χ3n) is 4.32. The first-order valence-corrected chi connectivity index (χ1v) is 9.21. The molecular formula is C20H22FNO2S. The monoisotopic (exact) mass is 359 g/mol. The fourth-order valence-corrected chi connectivity index (χ4v) is 3.91. The minimum absolute atomic E-state index is 0.175. The molecule has 25 heavy (non-hydrogen) atoms. The molecule has 2 aromatic carbocycles. The Labute approximate surface area is 152 Å². The number of halogens is 1. The maximum atomic E-state index is 14.1. The normalized spacial score (nSPS) is 16.0. The number of ether oxygens (including phenoxy) is 1. The van der Waals surface area contributed by atoms with Crippen molar-refractivity contribution in [3.05, 3.63) is 59.4 Å². The second-order valence-corrected chi connectivity index (χ2v) is 7.24. The van der Waals surface area contributed by atoms with Crippen LogP contribution in [0.25, 0.3) is 0 Å². The first-order chi connectivity index (χ1) is 12.2. The number of rotatable bonds is 5. The molecule has 0 aliphatic carbocycles. The Balaban J connectivity index is 1.76. The van der Waals surface area contributed by atoms with Crippen molar-refractivity contribution in [3.8, 4) is 0 Å². The van der Waals surface area contributed by atoms with E-state index in [2.05, 4.69) is 11.2 Å². The highest BCUT2D eigenvalue weighted by molar-refractivity contribution is 7.99. The third kappa shape index (κ3) is 4.83. The van der Waals surface area contributed by atoms with Crippen LogP contribution in [0.15, 0.2) is 57.4 Å². The molecular weight excluding hydrogens is 337 g/mol. The largest absolute Gasteiger partial charge is 0.399 e. The van der Waals surface area contributed by atoms with E-state index >= 15 is 0 Å². The molecule has 0 bridgehead atoms. The quantitative estimate of drug-likeness (QED) is 0.540. The summed E-state index contributed by atoms with van der Waals surface area (Å²) in [5, 5.41) is 3.93. The summed E-state index contributed by atoms with van der Waals surface area (Å²) in [7, 11) is 1.54. The van der Waals surface area contributed by atoms with Gasteiger partial charge in [0.2, 0.25) is 0 Å². The van der Waals surface area contributed by atoms with Gasteiger partial charge in [-0.1, -0.05) is 29.1 Å². The molecule has 1 aliphatic heterocycles. The van der Waals surface area contributed by atoms with E-state index in [9.17, 15) is 4.39 Å². The van der Waals surface area contributed by atoms with E-state index in [-0.39, 0.29) is 5.82 Å². The van der Waals surface area contributed by atoms with E-state index < -0.39 is 0 Å². The lowest BCUT2D eigenvalue weighted by molar-refractivity contribution is 0.0852. The zero-order chi connectivity index (χ0) is 17.6. The summed E-state index contributed by atoms with van der Waals surface area (Å²) in [4.78, 5) is 6.79. The lowest BCUT2D eigenvalue weighted by Crippen LogP contribution is -2.14. The highest BCUT2D eigenvalue weighted by Gasteiger charge is 2.17. The fourth-order valence-electron chi connectivity index (χ4n) is 3.00. The molecule has 0 unspecified atom stereocenters. The topological polar surface area (TPSA) is 30.8 Å². The van der Waals surface area contributed by atoms with E-state index in [1.807, 2.05) is 31.2 Å². The van der Waals surface area contributed by atoms with Crippen molar-refractivity contribution >= 4 is 17.5 Å². The van der Waals surface area contributed by atoms with Crippen molar-refractivity contribution in [2.45, 2.75) is 35.5 Å². The van der Waals surface area contributed by atoms with Crippen LogP contribution in [0, 0.1) is 5.82 Å². The summed E-state index contributed by atoms with van der Waals surface area (Å²) in [5.41, 5.74) is 2.91. The first-order valence-electron chi connectivity index (χ1n) is 8.40. The summed E-state index contributed by atoms with van der Waals surface area (Å²) in [6.07, 6.45) is 1.92. The van der Waals surface area contributed by atoms with Crippen LogP contribution in [0.2, 0.25) is 0 Å². The standard InChI is InChI=1S/C20H22FNO2S/c1-14(22-23-2)15-3-5-19(6-4-15)25-20-12-17(11-18(21)13-20)16-7-9-24-10-8-16/h3-6,11-13,16H,7-10H2,1-2H3/b22-14+. The van der Waals surface area contributed by atoms with Gasteiger partial charge < -0.3 is 9.57 Å². The van der Waals surface area contributed by atoms with Crippen LogP contribution in [0.1, 0.15) is 36.8 Å². The van der Waals surface area contributed by atoms with Crippen molar-refractivity contribution in [3.63, 3.8) is 0 Å². The smallest absolute Gasteiger partial charge is 0.124 e. The molecule has 0 amide bonds. The molecule has 1 heterocycles. The molecule has 5 heteroatoms. The highest BCUT2D eigenvalue weighted by atomic mass is 32.2.